The van der Waals surface area contributed by atoms with E-state index < -0.39 is 5.41 Å². The fourth-order valence-corrected chi connectivity index (χ4v) is 6.10. The van der Waals surface area contributed by atoms with Crippen LogP contribution >= 0.6 is 0 Å². The van der Waals surface area contributed by atoms with Gasteiger partial charge in [-0.05, 0) is 48.1 Å². The van der Waals surface area contributed by atoms with Crippen LogP contribution in [0, 0.1) is 0 Å². The third-order valence-electron chi connectivity index (χ3n) is 8.04. The summed E-state index contributed by atoms with van der Waals surface area (Å²) in [5.41, 5.74) is 1.97. The van der Waals surface area contributed by atoms with Gasteiger partial charge in [0.25, 0.3) is 5.91 Å². The van der Waals surface area contributed by atoms with E-state index in [2.05, 4.69) is 11.9 Å². The van der Waals surface area contributed by atoms with Gasteiger partial charge in [0.15, 0.2) is 0 Å². The molecule has 2 aliphatic rings. The number of fused-ring (bicyclic) bond motifs is 1. The van der Waals surface area contributed by atoms with Gasteiger partial charge in [0.05, 0.1) is 18.6 Å². The van der Waals surface area contributed by atoms with Crippen LogP contribution in [0.5, 0.6) is 5.75 Å². The van der Waals surface area contributed by atoms with Crippen LogP contribution in [0.4, 0.5) is 0 Å². The quantitative estimate of drug-likeness (QED) is 0.334. The summed E-state index contributed by atoms with van der Waals surface area (Å²) in [6.07, 6.45) is 3.18. The van der Waals surface area contributed by atoms with Gasteiger partial charge in [-0.15, -0.1) is 0 Å². The lowest BCUT2D eigenvalue weighted by molar-refractivity contribution is -0.149. The first-order valence-electron chi connectivity index (χ1n) is 13.6. The summed E-state index contributed by atoms with van der Waals surface area (Å²) in [6, 6.07) is 24.3. The largest absolute Gasteiger partial charge is 0.496 e. The van der Waals surface area contributed by atoms with Crippen LogP contribution in [-0.4, -0.2) is 55.5 Å². The van der Waals surface area contributed by atoms with Crippen LogP contribution in [0.3, 0.4) is 0 Å². The number of nitrogens with zero attached hydrogens (tertiary/aromatic N) is 1. The molecule has 206 valence electrons. The molecule has 1 aliphatic carbocycles. The van der Waals surface area contributed by atoms with E-state index in [4.69, 9.17) is 9.47 Å². The lowest BCUT2D eigenvalue weighted by Crippen LogP contribution is -2.45. The van der Waals surface area contributed by atoms with E-state index in [-0.39, 0.29) is 36.4 Å². The predicted octanol–water partition coefficient (Wildman–Crippen LogP) is 4.62. The third kappa shape index (κ3) is 4.99. The average molecular weight is 539 g/mol. The molecule has 1 unspecified atom stereocenters. The van der Waals surface area contributed by atoms with E-state index in [9.17, 15) is 14.4 Å². The van der Waals surface area contributed by atoms with Gasteiger partial charge in [0, 0.05) is 19.1 Å². The number of hydrogen-bond acceptors (Lipinski definition) is 5. The molecule has 1 N–H and O–H groups in total. The minimum Gasteiger partial charge on any atom is -0.496 e. The number of carbonyl (C=O) groups is 3. The highest BCUT2D eigenvalue weighted by Gasteiger charge is 2.50. The minimum absolute atomic E-state index is 0.0163. The van der Waals surface area contributed by atoms with E-state index in [1.807, 2.05) is 65.6 Å². The topological polar surface area (TPSA) is 84.9 Å². The maximum atomic E-state index is 13.9. The summed E-state index contributed by atoms with van der Waals surface area (Å²) < 4.78 is 11.0. The maximum Gasteiger partial charge on any atom is 0.321 e. The van der Waals surface area contributed by atoms with Crippen molar-refractivity contribution in [3.05, 3.63) is 114 Å². The van der Waals surface area contributed by atoms with Crippen molar-refractivity contribution in [2.24, 2.45) is 0 Å². The monoisotopic (exact) mass is 538 g/mol. The zero-order valence-electron chi connectivity index (χ0n) is 22.7. The average Bonchev–Trinajstić information content (AvgIpc) is 3.47. The Morgan fingerprint density at radius 3 is 2.50 bits per heavy atom. The van der Waals surface area contributed by atoms with E-state index >= 15 is 0 Å². The smallest absolute Gasteiger partial charge is 0.321 e. The molecule has 3 aromatic carbocycles. The van der Waals surface area contributed by atoms with E-state index in [0.29, 0.717) is 43.7 Å². The number of likely N-dealkylation sites (tertiary alicyclic amines) is 1. The lowest BCUT2D eigenvalue weighted by Gasteiger charge is -2.41. The van der Waals surface area contributed by atoms with Gasteiger partial charge >= 0.3 is 5.97 Å². The summed E-state index contributed by atoms with van der Waals surface area (Å²) in [7, 11) is 1.54. The molecule has 1 aliphatic heterocycles. The second-order valence-corrected chi connectivity index (χ2v) is 10.3. The first-order chi connectivity index (χ1) is 19.5. The Bertz CT molecular complexity index is 1400. The van der Waals surface area contributed by atoms with Crippen molar-refractivity contribution >= 4 is 17.8 Å². The lowest BCUT2D eigenvalue weighted by atomic mass is 9.63. The normalized spacial score (nSPS) is 21.7. The molecule has 3 atom stereocenters. The molecule has 0 bridgehead atoms. The van der Waals surface area contributed by atoms with E-state index in [1.54, 1.807) is 24.3 Å². The highest BCUT2D eigenvalue weighted by molar-refractivity contribution is 5.97. The van der Waals surface area contributed by atoms with Crippen molar-refractivity contribution in [1.29, 1.82) is 0 Å². The molecular weight excluding hydrogens is 504 g/mol. The Morgan fingerprint density at radius 1 is 1.00 bits per heavy atom. The van der Waals surface area contributed by atoms with Crippen LogP contribution < -0.4 is 10.1 Å². The van der Waals surface area contributed by atoms with Gasteiger partial charge in [-0.1, -0.05) is 79.4 Å². The number of nitrogens with one attached hydrogen (secondary N) is 1. The molecule has 2 amide bonds. The first kappa shape index (κ1) is 27.2. The maximum absolute atomic E-state index is 13.9. The summed E-state index contributed by atoms with van der Waals surface area (Å²) in [4.78, 5) is 42.3. The van der Waals surface area contributed by atoms with Gasteiger partial charge in [0.1, 0.15) is 17.8 Å². The summed E-state index contributed by atoms with van der Waals surface area (Å²) in [5.74, 6) is -0.410. The van der Waals surface area contributed by atoms with E-state index in [0.717, 1.165) is 16.7 Å². The summed E-state index contributed by atoms with van der Waals surface area (Å²) in [6.45, 7) is 4.79. The Morgan fingerprint density at radius 2 is 1.73 bits per heavy atom. The fraction of sp³-hybridized carbons (Fsp3) is 0.303. The van der Waals surface area contributed by atoms with Crippen molar-refractivity contribution in [2.45, 2.75) is 36.6 Å². The Kier molecular flexibility index (Phi) is 8.01. The minimum atomic E-state index is -1.01. The highest BCUT2D eigenvalue weighted by atomic mass is 16.5. The molecule has 1 saturated heterocycles. The fourth-order valence-electron chi connectivity index (χ4n) is 6.10. The van der Waals surface area contributed by atoms with Crippen molar-refractivity contribution in [1.82, 2.24) is 10.2 Å². The molecule has 0 spiro atoms. The molecule has 0 aromatic heterocycles. The molecular formula is C33H34N2O5. The number of carbonyl (C=O) groups excluding carboxylic acids is 3. The number of esters is 1. The van der Waals surface area contributed by atoms with Gasteiger partial charge in [-0.2, -0.15) is 0 Å². The number of ether oxygens (including phenoxy) is 2. The number of amides is 2. The summed E-state index contributed by atoms with van der Waals surface area (Å²) >= 11 is 0. The molecule has 7 heteroatoms. The Balaban J connectivity index is 1.38. The van der Waals surface area contributed by atoms with Crippen LogP contribution in [-0.2, 0) is 19.7 Å². The first-order valence-corrected chi connectivity index (χ1v) is 13.6. The molecule has 40 heavy (non-hydrogen) atoms. The zero-order valence-corrected chi connectivity index (χ0v) is 22.7. The van der Waals surface area contributed by atoms with E-state index in [1.165, 1.54) is 7.11 Å². The van der Waals surface area contributed by atoms with Crippen molar-refractivity contribution < 1.29 is 23.9 Å². The van der Waals surface area contributed by atoms with Gasteiger partial charge in [-0.3, -0.25) is 14.4 Å². The number of benzene rings is 3. The molecule has 1 heterocycles. The molecule has 0 saturated carbocycles. The predicted molar refractivity (Wildman–Crippen MR) is 152 cm³/mol. The Hall–Kier alpha value is -4.39. The second-order valence-electron chi connectivity index (χ2n) is 10.3. The SMILES string of the molecule is C=CCOC(=O)[C@]1(c2ccccc2)CC[C@@H](C(=O)N2CCC(NC(=O)c3ccccc3OC)C2)c2ccccc21. The van der Waals surface area contributed by atoms with Crippen molar-refractivity contribution in [3.63, 3.8) is 0 Å². The van der Waals surface area contributed by atoms with Crippen molar-refractivity contribution in [2.75, 3.05) is 26.8 Å². The molecule has 0 radical (unpaired) electrons. The number of hydrogen-bond donors (Lipinski definition) is 1. The van der Waals surface area contributed by atoms with Crippen LogP contribution in [0.15, 0.2) is 91.5 Å². The highest BCUT2D eigenvalue weighted by Crippen LogP contribution is 2.48. The van der Waals surface area contributed by atoms with Crippen molar-refractivity contribution in [3.8, 4) is 5.75 Å². The molecule has 3 aromatic rings. The van der Waals surface area contributed by atoms with Crippen LogP contribution in [0.1, 0.15) is 52.2 Å². The summed E-state index contributed by atoms with van der Waals surface area (Å²) in [5, 5.41) is 3.06. The standard InChI is InChI=1S/C33H34N2O5/c1-3-21-40-32(38)33(23-11-5-4-6-12-23)19-17-26(25-13-7-9-15-28(25)33)31(37)35-20-18-24(22-35)34-30(36)27-14-8-10-16-29(27)39-2/h3-16,24,26H,1,17-22H2,2H3,(H,34,36)/t24?,26-,33+/m1/s1. The second kappa shape index (κ2) is 11.8. The zero-order chi connectivity index (χ0) is 28.1. The third-order valence-corrected chi connectivity index (χ3v) is 8.04. The van der Waals surface area contributed by atoms with Gasteiger partial charge in [-0.25, -0.2) is 0 Å². The van der Waals surface area contributed by atoms with Gasteiger partial charge in [0.2, 0.25) is 5.91 Å². The van der Waals surface area contributed by atoms with Crippen LogP contribution in [0.2, 0.25) is 0 Å². The Labute approximate surface area is 234 Å². The number of rotatable bonds is 8. The molecule has 1 fully saturated rings. The molecule has 7 nitrogen and oxygen atoms in total. The number of methoxy groups -OCH3 is 1. The van der Waals surface area contributed by atoms with Gasteiger partial charge < -0.3 is 19.7 Å². The number of para-hydroxylation sites is 1. The molecule has 5 rings (SSSR count). The van der Waals surface area contributed by atoms with Crippen LogP contribution in [0.25, 0.3) is 0 Å².